The van der Waals surface area contributed by atoms with E-state index in [0.29, 0.717) is 6.42 Å². The van der Waals surface area contributed by atoms with E-state index in [4.69, 9.17) is 5.11 Å². The van der Waals surface area contributed by atoms with Crippen molar-refractivity contribution >= 4 is 12.0 Å². The van der Waals surface area contributed by atoms with E-state index < -0.39 is 18.0 Å². The highest BCUT2D eigenvalue weighted by molar-refractivity contribution is 5.82. The average Bonchev–Trinajstić information content (AvgIpc) is 2.36. The number of carbonyl (C=O) groups excluding carboxylic acids is 1. The summed E-state index contributed by atoms with van der Waals surface area (Å²) in [5.41, 5.74) is 0.736. The van der Waals surface area contributed by atoms with Crippen LogP contribution in [0.4, 0.5) is 9.18 Å². The van der Waals surface area contributed by atoms with E-state index in [1.54, 1.807) is 26.0 Å². The van der Waals surface area contributed by atoms with Gasteiger partial charge in [-0.15, -0.1) is 0 Å². The molecule has 1 aromatic carbocycles. The van der Waals surface area contributed by atoms with Crippen LogP contribution < -0.4 is 10.6 Å². The average molecular weight is 268 g/mol. The van der Waals surface area contributed by atoms with Gasteiger partial charge in [0.05, 0.1) is 6.04 Å². The van der Waals surface area contributed by atoms with Gasteiger partial charge in [-0.3, -0.25) is 0 Å². The van der Waals surface area contributed by atoms with Crippen molar-refractivity contribution in [2.75, 3.05) is 0 Å². The summed E-state index contributed by atoms with van der Waals surface area (Å²) in [5, 5.41) is 13.8. The van der Waals surface area contributed by atoms with Crippen molar-refractivity contribution in [3.63, 3.8) is 0 Å². The Morgan fingerprint density at radius 1 is 1.26 bits per heavy atom. The number of urea groups is 1. The third-order valence-corrected chi connectivity index (χ3v) is 2.73. The second-order valence-corrected chi connectivity index (χ2v) is 4.19. The molecular formula is C13H17FN2O3. The SMILES string of the molecule is CC[C@@H](NC(=O)NC(C)c1ccc(F)cc1)C(=O)O. The molecule has 1 unspecified atom stereocenters. The van der Waals surface area contributed by atoms with E-state index in [9.17, 15) is 14.0 Å². The standard InChI is InChI=1S/C13H17FN2O3/c1-3-11(12(17)18)16-13(19)15-8(2)9-4-6-10(14)7-5-9/h4-8,11H,3H2,1-2H3,(H,17,18)(H2,15,16,19)/t8?,11-/m1/s1. The molecule has 5 nitrogen and oxygen atoms in total. The number of amides is 2. The van der Waals surface area contributed by atoms with Crippen molar-refractivity contribution in [3.05, 3.63) is 35.6 Å². The van der Waals surface area contributed by atoms with Gasteiger partial charge in [0.2, 0.25) is 0 Å². The van der Waals surface area contributed by atoms with Crippen LogP contribution in [0, 0.1) is 5.82 Å². The molecule has 6 heteroatoms. The maximum Gasteiger partial charge on any atom is 0.326 e. The molecule has 0 aromatic heterocycles. The minimum Gasteiger partial charge on any atom is -0.480 e. The Kier molecular flexibility index (Phi) is 5.29. The van der Waals surface area contributed by atoms with E-state index in [0.717, 1.165) is 5.56 Å². The molecule has 0 radical (unpaired) electrons. The Balaban J connectivity index is 2.56. The second kappa shape index (κ2) is 6.72. The minimum atomic E-state index is -1.08. The van der Waals surface area contributed by atoms with E-state index in [1.165, 1.54) is 12.1 Å². The number of aliphatic carboxylic acids is 1. The Morgan fingerprint density at radius 3 is 2.32 bits per heavy atom. The van der Waals surface area contributed by atoms with Crippen LogP contribution in [0.1, 0.15) is 31.9 Å². The van der Waals surface area contributed by atoms with E-state index >= 15 is 0 Å². The van der Waals surface area contributed by atoms with Gasteiger partial charge in [0.15, 0.2) is 0 Å². The first-order valence-electron chi connectivity index (χ1n) is 5.99. The molecule has 0 saturated carbocycles. The van der Waals surface area contributed by atoms with Crippen LogP contribution in [0.5, 0.6) is 0 Å². The van der Waals surface area contributed by atoms with Gasteiger partial charge >= 0.3 is 12.0 Å². The number of hydrogen-bond donors (Lipinski definition) is 3. The maximum atomic E-state index is 12.8. The molecule has 0 aliphatic rings. The highest BCUT2D eigenvalue weighted by atomic mass is 19.1. The molecule has 0 saturated heterocycles. The molecule has 104 valence electrons. The highest BCUT2D eigenvalue weighted by Gasteiger charge is 2.18. The summed E-state index contributed by atoms with van der Waals surface area (Å²) in [6.45, 7) is 3.40. The highest BCUT2D eigenvalue weighted by Crippen LogP contribution is 2.12. The number of carboxylic acid groups (broad SMARTS) is 1. The summed E-state index contributed by atoms with van der Waals surface area (Å²) in [5.74, 6) is -1.43. The quantitative estimate of drug-likeness (QED) is 0.764. The van der Waals surface area contributed by atoms with Crippen LogP contribution in [0.3, 0.4) is 0 Å². The molecule has 0 fully saturated rings. The molecule has 0 aliphatic carbocycles. The molecule has 3 N–H and O–H groups in total. The predicted octanol–water partition coefficient (Wildman–Crippen LogP) is 2.05. The lowest BCUT2D eigenvalue weighted by Crippen LogP contribution is -2.46. The second-order valence-electron chi connectivity index (χ2n) is 4.19. The summed E-state index contributed by atoms with van der Waals surface area (Å²) in [6.07, 6.45) is 0.299. The third-order valence-electron chi connectivity index (χ3n) is 2.73. The Morgan fingerprint density at radius 2 is 1.84 bits per heavy atom. The lowest BCUT2D eigenvalue weighted by Gasteiger charge is -2.17. The zero-order valence-corrected chi connectivity index (χ0v) is 10.8. The molecule has 1 aromatic rings. The first kappa shape index (κ1) is 14.9. The maximum absolute atomic E-state index is 12.8. The summed E-state index contributed by atoms with van der Waals surface area (Å²) >= 11 is 0. The fraction of sp³-hybridized carbons (Fsp3) is 0.385. The van der Waals surface area contributed by atoms with Gasteiger partial charge in [-0.05, 0) is 31.0 Å². The normalized spacial score (nSPS) is 13.4. The number of carboxylic acids is 1. The Bertz CT molecular complexity index is 448. The molecule has 1 rings (SSSR count). The van der Waals surface area contributed by atoms with Crippen molar-refractivity contribution in [3.8, 4) is 0 Å². The van der Waals surface area contributed by atoms with Gasteiger partial charge in [0.25, 0.3) is 0 Å². The zero-order valence-electron chi connectivity index (χ0n) is 10.8. The van der Waals surface area contributed by atoms with Crippen LogP contribution in [0.25, 0.3) is 0 Å². The molecule has 2 atom stereocenters. The van der Waals surface area contributed by atoms with E-state index in [1.807, 2.05) is 0 Å². The van der Waals surface area contributed by atoms with Crippen molar-refractivity contribution in [2.45, 2.75) is 32.4 Å². The van der Waals surface area contributed by atoms with Crippen LogP contribution in [0.2, 0.25) is 0 Å². The summed E-state index contributed by atoms with van der Waals surface area (Å²) in [4.78, 5) is 22.4. The molecule has 0 heterocycles. The van der Waals surface area contributed by atoms with Crippen LogP contribution in [-0.2, 0) is 4.79 Å². The number of carbonyl (C=O) groups is 2. The summed E-state index contributed by atoms with van der Waals surface area (Å²) < 4.78 is 12.8. The first-order chi connectivity index (χ1) is 8.93. The van der Waals surface area contributed by atoms with Crippen molar-refractivity contribution in [2.24, 2.45) is 0 Å². The van der Waals surface area contributed by atoms with Crippen molar-refractivity contribution in [1.29, 1.82) is 0 Å². The molecule has 0 aliphatic heterocycles. The minimum absolute atomic E-state index is 0.299. The molecule has 0 bridgehead atoms. The van der Waals surface area contributed by atoms with Crippen molar-refractivity contribution < 1.29 is 19.1 Å². The first-order valence-corrected chi connectivity index (χ1v) is 5.99. The third kappa shape index (κ3) is 4.57. The van der Waals surface area contributed by atoms with Crippen LogP contribution in [0.15, 0.2) is 24.3 Å². The Hall–Kier alpha value is -2.11. The van der Waals surface area contributed by atoms with Gasteiger partial charge in [0, 0.05) is 0 Å². The fourth-order valence-corrected chi connectivity index (χ4v) is 1.57. The van der Waals surface area contributed by atoms with Gasteiger partial charge in [-0.1, -0.05) is 19.1 Å². The Labute approximate surface area is 110 Å². The van der Waals surface area contributed by atoms with E-state index in [-0.39, 0.29) is 11.9 Å². The van der Waals surface area contributed by atoms with Crippen molar-refractivity contribution in [1.82, 2.24) is 10.6 Å². The number of nitrogens with one attached hydrogen (secondary N) is 2. The van der Waals surface area contributed by atoms with Crippen LogP contribution >= 0.6 is 0 Å². The lowest BCUT2D eigenvalue weighted by atomic mass is 10.1. The van der Waals surface area contributed by atoms with Gasteiger partial charge in [-0.25, -0.2) is 14.0 Å². The largest absolute Gasteiger partial charge is 0.480 e. The summed E-state index contributed by atoms with van der Waals surface area (Å²) in [6, 6.07) is 3.91. The number of rotatable bonds is 5. The topological polar surface area (TPSA) is 78.4 Å². The molecule has 2 amide bonds. The molecule has 19 heavy (non-hydrogen) atoms. The monoisotopic (exact) mass is 268 g/mol. The molecular weight excluding hydrogens is 251 g/mol. The van der Waals surface area contributed by atoms with Crippen LogP contribution in [-0.4, -0.2) is 23.1 Å². The fourth-order valence-electron chi connectivity index (χ4n) is 1.57. The number of hydrogen-bond acceptors (Lipinski definition) is 2. The van der Waals surface area contributed by atoms with Gasteiger partial charge < -0.3 is 15.7 Å². The summed E-state index contributed by atoms with van der Waals surface area (Å²) in [7, 11) is 0. The van der Waals surface area contributed by atoms with Gasteiger partial charge in [-0.2, -0.15) is 0 Å². The van der Waals surface area contributed by atoms with E-state index in [2.05, 4.69) is 10.6 Å². The lowest BCUT2D eigenvalue weighted by molar-refractivity contribution is -0.139. The zero-order chi connectivity index (χ0) is 14.4. The smallest absolute Gasteiger partial charge is 0.326 e. The number of benzene rings is 1. The van der Waals surface area contributed by atoms with Gasteiger partial charge in [0.1, 0.15) is 11.9 Å². The predicted molar refractivity (Wildman–Crippen MR) is 68.2 cm³/mol. The number of halogens is 1. The molecule has 0 spiro atoms.